The number of H-pyrrole nitrogens is 1. The van der Waals surface area contributed by atoms with E-state index in [1.54, 1.807) is 25.2 Å². The first-order valence-electron chi connectivity index (χ1n) is 5.92. The van der Waals surface area contributed by atoms with Gasteiger partial charge in [0.15, 0.2) is 5.44 Å². The molecule has 3 N–H and O–H groups in total. The van der Waals surface area contributed by atoms with Crippen LogP contribution < -0.4 is 0 Å². The van der Waals surface area contributed by atoms with E-state index in [1.807, 2.05) is 24.3 Å². The lowest BCUT2D eigenvalue weighted by atomic mass is 10.2. The van der Waals surface area contributed by atoms with E-state index in [0.29, 0.717) is 5.56 Å². The van der Waals surface area contributed by atoms with Gasteiger partial charge in [-0.2, -0.15) is 0 Å². The molecule has 0 atom stereocenters. The monoisotopic (exact) mass is 293 g/mol. The van der Waals surface area contributed by atoms with E-state index in [0.717, 1.165) is 10.9 Å². The van der Waals surface area contributed by atoms with E-state index in [-0.39, 0.29) is 5.44 Å². The van der Waals surface area contributed by atoms with Gasteiger partial charge >= 0.3 is 7.60 Å². The normalized spacial score (nSPS) is 13.3. The molecule has 1 heterocycles. The summed E-state index contributed by atoms with van der Waals surface area (Å²) in [4.78, 5) is 27.2. The Bertz CT molecular complexity index is 712. The molecule has 0 aliphatic rings. The zero-order valence-electron chi connectivity index (χ0n) is 11.2. The van der Waals surface area contributed by atoms with Gasteiger partial charge in [0.25, 0.3) is 0 Å². The summed E-state index contributed by atoms with van der Waals surface area (Å²) in [6.07, 6.45) is 4.46. The van der Waals surface area contributed by atoms with Gasteiger partial charge in [-0.05, 0) is 12.1 Å². The van der Waals surface area contributed by atoms with Gasteiger partial charge in [0.05, 0.1) is 6.34 Å². The molecule has 0 radical (unpaired) electrons. The number of aliphatic imine (C=N–C) groups is 1. The third-order valence-electron chi connectivity index (χ3n) is 2.63. The van der Waals surface area contributed by atoms with Crippen LogP contribution in [-0.2, 0) is 4.57 Å². The van der Waals surface area contributed by atoms with Crippen molar-refractivity contribution in [1.82, 2.24) is 9.88 Å². The molecular formula is C13H16N3O3P. The Morgan fingerprint density at radius 2 is 2.05 bits per heavy atom. The van der Waals surface area contributed by atoms with Crippen LogP contribution in [0.15, 0.2) is 40.9 Å². The minimum absolute atomic E-state index is 0.268. The first-order valence-corrected chi connectivity index (χ1v) is 7.54. The number of hydrogen-bond donors (Lipinski definition) is 3. The SMILES string of the molecule is CN(C)/C=N/C(=C\c1c[nH]c2ccccc12)P(=O)(O)O. The van der Waals surface area contributed by atoms with Crippen LogP contribution in [0.5, 0.6) is 0 Å². The Balaban J connectivity index is 2.50. The van der Waals surface area contributed by atoms with Crippen molar-refractivity contribution in [1.29, 1.82) is 0 Å². The molecule has 0 amide bonds. The van der Waals surface area contributed by atoms with Crippen LogP contribution in [0.1, 0.15) is 5.56 Å². The van der Waals surface area contributed by atoms with Gasteiger partial charge in [-0.25, -0.2) is 4.99 Å². The highest BCUT2D eigenvalue weighted by atomic mass is 31.2. The number of aromatic amines is 1. The van der Waals surface area contributed by atoms with Crippen LogP contribution in [0.2, 0.25) is 0 Å². The van der Waals surface area contributed by atoms with Crippen molar-refractivity contribution in [3.8, 4) is 0 Å². The number of rotatable bonds is 4. The average Bonchev–Trinajstić information content (AvgIpc) is 2.76. The maximum atomic E-state index is 11.5. The summed E-state index contributed by atoms with van der Waals surface area (Å²) in [5.41, 5.74) is 1.33. The molecule has 1 aromatic heterocycles. The topological polar surface area (TPSA) is 88.9 Å². The summed E-state index contributed by atoms with van der Waals surface area (Å²) in [7, 11) is -0.971. The lowest BCUT2D eigenvalue weighted by Gasteiger charge is -2.07. The van der Waals surface area contributed by atoms with E-state index in [9.17, 15) is 14.4 Å². The fourth-order valence-corrected chi connectivity index (χ4v) is 2.23. The maximum absolute atomic E-state index is 11.5. The first kappa shape index (κ1) is 14.5. The fourth-order valence-electron chi connectivity index (χ4n) is 1.72. The number of nitrogens with zero attached hydrogens (tertiary/aromatic N) is 2. The second-order valence-electron chi connectivity index (χ2n) is 4.54. The molecule has 0 spiro atoms. The molecule has 20 heavy (non-hydrogen) atoms. The number of fused-ring (bicyclic) bond motifs is 1. The number of hydrogen-bond acceptors (Lipinski definition) is 2. The Labute approximate surface area is 116 Å². The Morgan fingerprint density at radius 3 is 2.70 bits per heavy atom. The van der Waals surface area contributed by atoms with E-state index in [2.05, 4.69) is 9.98 Å². The molecular weight excluding hydrogens is 277 g/mol. The molecule has 106 valence electrons. The summed E-state index contributed by atoms with van der Waals surface area (Å²) in [6, 6.07) is 7.53. The molecule has 0 fully saturated rings. The van der Waals surface area contributed by atoms with Crippen LogP contribution >= 0.6 is 7.60 Å². The van der Waals surface area contributed by atoms with Crippen molar-refractivity contribution in [3.63, 3.8) is 0 Å². The minimum atomic E-state index is -4.43. The van der Waals surface area contributed by atoms with Gasteiger partial charge in [-0.1, -0.05) is 18.2 Å². The number of aromatic nitrogens is 1. The summed E-state index contributed by atoms with van der Waals surface area (Å²) in [5.74, 6) is 0. The average molecular weight is 293 g/mol. The molecule has 0 bridgehead atoms. The molecule has 1 aromatic carbocycles. The Morgan fingerprint density at radius 1 is 1.35 bits per heavy atom. The third-order valence-corrected chi connectivity index (χ3v) is 3.47. The summed E-state index contributed by atoms with van der Waals surface area (Å²) in [6.45, 7) is 0. The minimum Gasteiger partial charge on any atom is -0.369 e. The largest absolute Gasteiger partial charge is 0.374 e. The Hall–Kier alpha value is -1.88. The number of benzene rings is 1. The smallest absolute Gasteiger partial charge is 0.369 e. The molecule has 2 rings (SSSR count). The van der Waals surface area contributed by atoms with E-state index >= 15 is 0 Å². The molecule has 7 heteroatoms. The lowest BCUT2D eigenvalue weighted by molar-refractivity contribution is 0.382. The summed E-state index contributed by atoms with van der Waals surface area (Å²) < 4.78 is 11.5. The highest BCUT2D eigenvalue weighted by molar-refractivity contribution is 7.56. The van der Waals surface area contributed by atoms with Gasteiger partial charge in [0, 0.05) is 36.8 Å². The van der Waals surface area contributed by atoms with E-state index in [1.165, 1.54) is 12.4 Å². The van der Waals surface area contributed by atoms with Crippen LogP contribution in [-0.4, -0.2) is 40.1 Å². The van der Waals surface area contributed by atoms with Crippen LogP contribution in [0.3, 0.4) is 0 Å². The third kappa shape index (κ3) is 3.36. The van der Waals surface area contributed by atoms with Crippen LogP contribution in [0.4, 0.5) is 0 Å². The van der Waals surface area contributed by atoms with Crippen molar-refractivity contribution >= 4 is 30.9 Å². The standard InChI is InChI=1S/C13H16N3O3P/c1-16(2)9-15-13(20(17,18)19)7-10-8-14-12-6-4-3-5-11(10)12/h3-9,14H,1-2H3,(H2,17,18,19)/b13-7+,15-9+. The van der Waals surface area contributed by atoms with E-state index < -0.39 is 7.60 Å². The van der Waals surface area contributed by atoms with Gasteiger partial charge < -0.3 is 19.7 Å². The number of nitrogens with one attached hydrogen (secondary N) is 1. The maximum Gasteiger partial charge on any atom is 0.374 e. The fraction of sp³-hybridized carbons (Fsp3) is 0.154. The highest BCUT2D eigenvalue weighted by Crippen LogP contribution is 2.46. The quantitative estimate of drug-likeness (QED) is 0.458. The predicted octanol–water partition coefficient (Wildman–Crippen LogP) is 2.23. The molecule has 0 aliphatic carbocycles. The Kier molecular flexibility index (Phi) is 4.09. The second kappa shape index (κ2) is 5.63. The van der Waals surface area contributed by atoms with Crippen LogP contribution in [0.25, 0.3) is 17.0 Å². The second-order valence-corrected chi connectivity index (χ2v) is 6.09. The first-order chi connectivity index (χ1) is 9.38. The predicted molar refractivity (Wildman–Crippen MR) is 80.5 cm³/mol. The molecule has 0 unspecified atom stereocenters. The van der Waals surface area contributed by atoms with Gasteiger partial charge in [0.2, 0.25) is 0 Å². The highest BCUT2D eigenvalue weighted by Gasteiger charge is 2.20. The molecule has 6 nitrogen and oxygen atoms in total. The zero-order chi connectivity index (χ0) is 14.8. The summed E-state index contributed by atoms with van der Waals surface area (Å²) >= 11 is 0. The van der Waals surface area contributed by atoms with Crippen molar-refractivity contribution < 1.29 is 14.4 Å². The molecule has 0 saturated heterocycles. The van der Waals surface area contributed by atoms with Gasteiger partial charge in [-0.3, -0.25) is 4.57 Å². The molecule has 0 aliphatic heterocycles. The zero-order valence-corrected chi connectivity index (χ0v) is 12.1. The van der Waals surface area contributed by atoms with Gasteiger partial charge in [-0.15, -0.1) is 0 Å². The van der Waals surface area contributed by atoms with Crippen LogP contribution in [0, 0.1) is 0 Å². The van der Waals surface area contributed by atoms with Crippen molar-refractivity contribution in [3.05, 3.63) is 41.5 Å². The van der Waals surface area contributed by atoms with E-state index in [4.69, 9.17) is 0 Å². The summed E-state index contributed by atoms with van der Waals surface area (Å²) in [5, 5.41) is 0.888. The molecule has 2 aromatic rings. The molecule has 0 saturated carbocycles. The van der Waals surface area contributed by atoms with Crippen molar-refractivity contribution in [2.45, 2.75) is 0 Å². The lowest BCUT2D eigenvalue weighted by Crippen LogP contribution is -2.07. The van der Waals surface area contributed by atoms with Gasteiger partial charge in [0.1, 0.15) is 0 Å². The number of para-hydroxylation sites is 1. The van der Waals surface area contributed by atoms with Crippen molar-refractivity contribution in [2.75, 3.05) is 14.1 Å². The van der Waals surface area contributed by atoms with Crippen molar-refractivity contribution in [2.24, 2.45) is 4.99 Å².